The minimum absolute atomic E-state index is 0.932. The first-order valence-electron chi connectivity index (χ1n) is 6.87. The van der Waals surface area contributed by atoms with Crippen LogP contribution >= 0.6 is 0 Å². The van der Waals surface area contributed by atoms with Crippen molar-refractivity contribution in [3.8, 4) is 16.9 Å². The number of rotatable bonds is 3. The van der Waals surface area contributed by atoms with Crippen LogP contribution in [0.2, 0.25) is 0 Å². The SMILES string of the molecule is COc1ccccc1-c1cccc(N2CCCC2)c1. The summed E-state index contributed by atoms with van der Waals surface area (Å²) in [7, 11) is 1.73. The molecule has 0 unspecified atom stereocenters. The minimum atomic E-state index is 0.932. The first-order valence-corrected chi connectivity index (χ1v) is 6.87. The van der Waals surface area contributed by atoms with Gasteiger partial charge in [-0.05, 0) is 36.6 Å². The molecule has 0 N–H and O–H groups in total. The Labute approximate surface area is 114 Å². The fourth-order valence-electron chi connectivity index (χ4n) is 2.73. The van der Waals surface area contributed by atoms with Gasteiger partial charge in [-0.3, -0.25) is 0 Å². The number of para-hydroxylation sites is 1. The zero-order valence-electron chi connectivity index (χ0n) is 11.3. The molecule has 0 atom stereocenters. The highest BCUT2D eigenvalue weighted by Gasteiger charge is 2.13. The molecular formula is C17H19NO. The van der Waals surface area contributed by atoms with Crippen LogP contribution in [-0.2, 0) is 0 Å². The van der Waals surface area contributed by atoms with Gasteiger partial charge in [-0.15, -0.1) is 0 Å². The van der Waals surface area contributed by atoms with Crippen LogP contribution in [0.5, 0.6) is 5.75 Å². The van der Waals surface area contributed by atoms with Gasteiger partial charge in [0.15, 0.2) is 0 Å². The third-order valence-electron chi connectivity index (χ3n) is 3.74. The number of anilines is 1. The summed E-state index contributed by atoms with van der Waals surface area (Å²) in [4.78, 5) is 2.46. The lowest BCUT2D eigenvalue weighted by Crippen LogP contribution is -2.17. The van der Waals surface area contributed by atoms with Crippen molar-refractivity contribution in [2.75, 3.05) is 25.1 Å². The average Bonchev–Trinajstić information content (AvgIpc) is 3.01. The Kier molecular flexibility index (Phi) is 3.41. The second-order valence-electron chi connectivity index (χ2n) is 4.94. The Morgan fingerprint density at radius 1 is 0.947 bits per heavy atom. The maximum atomic E-state index is 5.45. The molecule has 1 aliphatic heterocycles. The summed E-state index contributed by atoms with van der Waals surface area (Å²) in [6.45, 7) is 2.35. The molecule has 0 radical (unpaired) electrons. The predicted octanol–water partition coefficient (Wildman–Crippen LogP) is 3.96. The summed E-state index contributed by atoms with van der Waals surface area (Å²) < 4.78 is 5.45. The first-order chi connectivity index (χ1) is 9.38. The quantitative estimate of drug-likeness (QED) is 0.821. The Balaban J connectivity index is 1.98. The zero-order valence-corrected chi connectivity index (χ0v) is 11.3. The standard InChI is InChI=1S/C17H19NO/c1-19-17-10-3-2-9-16(17)14-7-6-8-15(13-14)18-11-4-5-12-18/h2-3,6-10,13H,4-5,11-12H2,1H3. The molecule has 2 nitrogen and oxygen atoms in total. The van der Waals surface area contributed by atoms with Crippen molar-refractivity contribution in [3.05, 3.63) is 48.5 Å². The summed E-state index contributed by atoms with van der Waals surface area (Å²) in [5.41, 5.74) is 3.70. The van der Waals surface area contributed by atoms with E-state index >= 15 is 0 Å². The molecule has 0 aromatic heterocycles. The van der Waals surface area contributed by atoms with Crippen molar-refractivity contribution in [3.63, 3.8) is 0 Å². The van der Waals surface area contributed by atoms with Crippen LogP contribution in [0.15, 0.2) is 48.5 Å². The Morgan fingerprint density at radius 3 is 2.53 bits per heavy atom. The van der Waals surface area contributed by atoms with E-state index in [0.717, 1.165) is 11.3 Å². The molecule has 1 saturated heterocycles. The molecule has 2 aromatic carbocycles. The van der Waals surface area contributed by atoms with Gasteiger partial charge in [0.05, 0.1) is 7.11 Å². The van der Waals surface area contributed by atoms with Gasteiger partial charge in [0.2, 0.25) is 0 Å². The topological polar surface area (TPSA) is 12.5 Å². The molecule has 0 saturated carbocycles. The van der Waals surface area contributed by atoms with E-state index in [-0.39, 0.29) is 0 Å². The lowest BCUT2D eigenvalue weighted by molar-refractivity contribution is 0.416. The molecule has 1 aliphatic rings. The average molecular weight is 253 g/mol. The molecular weight excluding hydrogens is 234 g/mol. The normalized spacial score (nSPS) is 14.7. The van der Waals surface area contributed by atoms with Gasteiger partial charge in [-0.2, -0.15) is 0 Å². The number of hydrogen-bond donors (Lipinski definition) is 0. The van der Waals surface area contributed by atoms with E-state index in [1.807, 2.05) is 12.1 Å². The van der Waals surface area contributed by atoms with Crippen molar-refractivity contribution in [1.29, 1.82) is 0 Å². The highest BCUT2D eigenvalue weighted by atomic mass is 16.5. The third-order valence-corrected chi connectivity index (χ3v) is 3.74. The van der Waals surface area contributed by atoms with Crippen molar-refractivity contribution in [1.82, 2.24) is 0 Å². The molecule has 1 heterocycles. The molecule has 0 aliphatic carbocycles. The zero-order chi connectivity index (χ0) is 13.1. The summed E-state index contributed by atoms with van der Waals surface area (Å²) in [5.74, 6) is 0.932. The predicted molar refractivity (Wildman–Crippen MR) is 79.9 cm³/mol. The highest BCUT2D eigenvalue weighted by molar-refractivity contribution is 5.73. The summed E-state index contributed by atoms with van der Waals surface area (Å²) in [6.07, 6.45) is 2.61. The number of hydrogen-bond acceptors (Lipinski definition) is 2. The molecule has 19 heavy (non-hydrogen) atoms. The second-order valence-corrected chi connectivity index (χ2v) is 4.94. The maximum absolute atomic E-state index is 5.45. The van der Waals surface area contributed by atoms with E-state index in [2.05, 4.69) is 41.3 Å². The summed E-state index contributed by atoms with van der Waals surface area (Å²) >= 11 is 0. The molecule has 2 aromatic rings. The van der Waals surface area contributed by atoms with Gasteiger partial charge in [0.25, 0.3) is 0 Å². The minimum Gasteiger partial charge on any atom is -0.496 e. The fraction of sp³-hybridized carbons (Fsp3) is 0.294. The largest absolute Gasteiger partial charge is 0.496 e. The Morgan fingerprint density at radius 2 is 1.74 bits per heavy atom. The first kappa shape index (κ1) is 12.1. The number of ether oxygens (including phenoxy) is 1. The molecule has 98 valence electrons. The van der Waals surface area contributed by atoms with Gasteiger partial charge in [0.1, 0.15) is 5.75 Å². The van der Waals surface area contributed by atoms with Crippen molar-refractivity contribution >= 4 is 5.69 Å². The van der Waals surface area contributed by atoms with E-state index in [1.54, 1.807) is 7.11 Å². The van der Waals surface area contributed by atoms with Crippen molar-refractivity contribution < 1.29 is 4.74 Å². The van der Waals surface area contributed by atoms with E-state index < -0.39 is 0 Å². The molecule has 0 bridgehead atoms. The maximum Gasteiger partial charge on any atom is 0.126 e. The van der Waals surface area contributed by atoms with Crippen LogP contribution in [0.3, 0.4) is 0 Å². The van der Waals surface area contributed by atoms with Crippen LogP contribution < -0.4 is 9.64 Å². The third kappa shape index (κ3) is 2.43. The molecule has 0 spiro atoms. The van der Waals surface area contributed by atoms with Crippen molar-refractivity contribution in [2.24, 2.45) is 0 Å². The number of benzene rings is 2. The lowest BCUT2D eigenvalue weighted by Gasteiger charge is -2.18. The van der Waals surface area contributed by atoms with Crippen LogP contribution in [0, 0.1) is 0 Å². The smallest absolute Gasteiger partial charge is 0.126 e. The molecule has 3 rings (SSSR count). The summed E-state index contributed by atoms with van der Waals surface area (Å²) in [5, 5.41) is 0. The van der Waals surface area contributed by atoms with Crippen LogP contribution in [0.4, 0.5) is 5.69 Å². The van der Waals surface area contributed by atoms with Crippen LogP contribution in [-0.4, -0.2) is 20.2 Å². The van der Waals surface area contributed by atoms with Crippen molar-refractivity contribution in [2.45, 2.75) is 12.8 Å². The van der Waals surface area contributed by atoms with Gasteiger partial charge in [-0.1, -0.05) is 30.3 Å². The number of methoxy groups -OCH3 is 1. The van der Waals surface area contributed by atoms with Crippen LogP contribution in [0.1, 0.15) is 12.8 Å². The Bertz CT molecular complexity index is 559. The molecule has 2 heteroatoms. The molecule has 1 fully saturated rings. The number of nitrogens with zero attached hydrogens (tertiary/aromatic N) is 1. The Hall–Kier alpha value is -1.96. The van der Waals surface area contributed by atoms with E-state index in [1.165, 1.54) is 37.2 Å². The van der Waals surface area contributed by atoms with Gasteiger partial charge >= 0.3 is 0 Å². The monoisotopic (exact) mass is 253 g/mol. The van der Waals surface area contributed by atoms with E-state index in [9.17, 15) is 0 Å². The molecule has 0 amide bonds. The van der Waals surface area contributed by atoms with E-state index in [0.29, 0.717) is 0 Å². The van der Waals surface area contributed by atoms with Crippen LogP contribution in [0.25, 0.3) is 11.1 Å². The highest BCUT2D eigenvalue weighted by Crippen LogP contribution is 2.32. The van der Waals surface area contributed by atoms with Gasteiger partial charge < -0.3 is 9.64 Å². The lowest BCUT2D eigenvalue weighted by atomic mass is 10.0. The van der Waals surface area contributed by atoms with Gasteiger partial charge in [0, 0.05) is 24.3 Å². The van der Waals surface area contributed by atoms with Gasteiger partial charge in [-0.25, -0.2) is 0 Å². The summed E-state index contributed by atoms with van der Waals surface area (Å²) in [6, 6.07) is 16.9. The second kappa shape index (κ2) is 5.35. The van der Waals surface area contributed by atoms with E-state index in [4.69, 9.17) is 4.74 Å². The fourth-order valence-corrected chi connectivity index (χ4v) is 2.73.